The highest BCUT2D eigenvalue weighted by atomic mass is 16.5. The molecule has 0 amide bonds. The summed E-state index contributed by atoms with van der Waals surface area (Å²) in [6.07, 6.45) is 5.11. The van der Waals surface area contributed by atoms with Gasteiger partial charge in [-0.15, -0.1) is 0 Å². The van der Waals surface area contributed by atoms with Gasteiger partial charge in [-0.2, -0.15) is 0 Å². The van der Waals surface area contributed by atoms with Crippen molar-refractivity contribution in [3.05, 3.63) is 53.1 Å². The molecule has 0 bridgehead atoms. The van der Waals surface area contributed by atoms with Crippen LogP contribution in [0.5, 0.6) is 5.75 Å². The standard InChI is InChI=1S/C15H19N3O/c1-10-6-11(2)15(19-3)12(7-10)13(8-16)14-9-17-4-5-18-14/h4-7,9,13H,8,16H2,1-3H3. The van der Waals surface area contributed by atoms with Crippen molar-refractivity contribution >= 4 is 0 Å². The van der Waals surface area contributed by atoms with Gasteiger partial charge in [-0.1, -0.05) is 17.7 Å². The summed E-state index contributed by atoms with van der Waals surface area (Å²) >= 11 is 0. The van der Waals surface area contributed by atoms with E-state index in [0.29, 0.717) is 6.54 Å². The van der Waals surface area contributed by atoms with E-state index in [-0.39, 0.29) is 5.92 Å². The van der Waals surface area contributed by atoms with E-state index >= 15 is 0 Å². The van der Waals surface area contributed by atoms with Crippen molar-refractivity contribution in [2.75, 3.05) is 13.7 Å². The lowest BCUT2D eigenvalue weighted by Gasteiger charge is -2.20. The Morgan fingerprint density at radius 3 is 2.63 bits per heavy atom. The Kier molecular flexibility index (Phi) is 4.12. The molecule has 0 spiro atoms. The quantitative estimate of drug-likeness (QED) is 0.912. The fraction of sp³-hybridized carbons (Fsp3) is 0.333. The van der Waals surface area contributed by atoms with Crippen molar-refractivity contribution in [1.82, 2.24) is 9.97 Å². The Morgan fingerprint density at radius 2 is 2.05 bits per heavy atom. The van der Waals surface area contributed by atoms with Crippen LogP contribution in [0.2, 0.25) is 0 Å². The van der Waals surface area contributed by atoms with Crippen LogP contribution < -0.4 is 10.5 Å². The lowest BCUT2D eigenvalue weighted by molar-refractivity contribution is 0.404. The largest absolute Gasteiger partial charge is 0.496 e. The molecule has 0 aliphatic rings. The molecule has 0 saturated heterocycles. The number of ether oxygens (including phenoxy) is 1. The monoisotopic (exact) mass is 257 g/mol. The van der Waals surface area contributed by atoms with Crippen LogP contribution in [-0.4, -0.2) is 23.6 Å². The molecule has 0 fully saturated rings. The molecule has 4 heteroatoms. The van der Waals surface area contributed by atoms with Gasteiger partial charge in [0.25, 0.3) is 0 Å². The van der Waals surface area contributed by atoms with Crippen LogP contribution in [0.25, 0.3) is 0 Å². The second kappa shape index (κ2) is 5.80. The summed E-state index contributed by atoms with van der Waals surface area (Å²) in [6, 6.07) is 4.21. The van der Waals surface area contributed by atoms with Gasteiger partial charge in [-0.05, 0) is 19.4 Å². The minimum atomic E-state index is 0.00208. The number of aromatic nitrogens is 2. The summed E-state index contributed by atoms with van der Waals surface area (Å²) in [5, 5.41) is 0. The van der Waals surface area contributed by atoms with Gasteiger partial charge in [-0.25, -0.2) is 0 Å². The average Bonchev–Trinajstić information content (AvgIpc) is 2.40. The van der Waals surface area contributed by atoms with E-state index in [1.54, 1.807) is 25.7 Å². The van der Waals surface area contributed by atoms with Crippen LogP contribution in [-0.2, 0) is 0 Å². The fourth-order valence-corrected chi connectivity index (χ4v) is 2.42. The number of aryl methyl sites for hydroxylation is 2. The number of methoxy groups -OCH3 is 1. The summed E-state index contributed by atoms with van der Waals surface area (Å²) in [7, 11) is 1.69. The number of hydrogen-bond acceptors (Lipinski definition) is 4. The zero-order chi connectivity index (χ0) is 13.8. The topological polar surface area (TPSA) is 61.0 Å². The Balaban J connectivity index is 2.55. The van der Waals surface area contributed by atoms with Crippen molar-refractivity contribution in [3.63, 3.8) is 0 Å². The molecule has 0 aliphatic carbocycles. The molecular weight excluding hydrogens is 238 g/mol. The van der Waals surface area contributed by atoms with Crippen molar-refractivity contribution < 1.29 is 4.74 Å². The Labute approximate surface area is 113 Å². The van der Waals surface area contributed by atoms with Crippen molar-refractivity contribution in [2.24, 2.45) is 5.73 Å². The number of benzene rings is 1. The minimum Gasteiger partial charge on any atom is -0.496 e. The van der Waals surface area contributed by atoms with Gasteiger partial charge < -0.3 is 10.5 Å². The van der Waals surface area contributed by atoms with Crippen LogP contribution in [0.15, 0.2) is 30.7 Å². The third kappa shape index (κ3) is 2.74. The Morgan fingerprint density at radius 1 is 1.26 bits per heavy atom. The molecule has 0 aliphatic heterocycles. The highest BCUT2D eigenvalue weighted by molar-refractivity contribution is 5.48. The van der Waals surface area contributed by atoms with Gasteiger partial charge >= 0.3 is 0 Å². The third-order valence-electron chi connectivity index (χ3n) is 3.20. The van der Waals surface area contributed by atoms with Gasteiger partial charge in [0.15, 0.2) is 0 Å². The maximum Gasteiger partial charge on any atom is 0.125 e. The van der Waals surface area contributed by atoms with E-state index in [4.69, 9.17) is 10.5 Å². The first-order valence-electron chi connectivity index (χ1n) is 6.28. The molecule has 1 atom stereocenters. The van der Waals surface area contributed by atoms with Gasteiger partial charge in [0.1, 0.15) is 5.75 Å². The molecule has 1 aromatic carbocycles. The van der Waals surface area contributed by atoms with Gasteiger partial charge in [0, 0.05) is 36.6 Å². The normalized spacial score (nSPS) is 12.2. The van der Waals surface area contributed by atoms with Crippen LogP contribution in [0.4, 0.5) is 0 Å². The zero-order valence-corrected chi connectivity index (χ0v) is 11.6. The van der Waals surface area contributed by atoms with Gasteiger partial charge in [-0.3, -0.25) is 9.97 Å². The molecule has 2 N–H and O–H groups in total. The average molecular weight is 257 g/mol. The van der Waals surface area contributed by atoms with E-state index in [0.717, 1.165) is 22.6 Å². The van der Waals surface area contributed by atoms with Crippen molar-refractivity contribution in [1.29, 1.82) is 0 Å². The second-order valence-electron chi connectivity index (χ2n) is 4.62. The van der Waals surface area contributed by atoms with E-state index in [1.165, 1.54) is 5.56 Å². The summed E-state index contributed by atoms with van der Waals surface area (Å²) in [4.78, 5) is 8.48. The van der Waals surface area contributed by atoms with E-state index in [9.17, 15) is 0 Å². The first kappa shape index (κ1) is 13.5. The highest BCUT2D eigenvalue weighted by Crippen LogP contribution is 2.33. The maximum absolute atomic E-state index is 5.94. The first-order chi connectivity index (χ1) is 9.17. The molecule has 1 unspecified atom stereocenters. The number of rotatable bonds is 4. The molecule has 2 aromatic rings. The number of hydrogen-bond donors (Lipinski definition) is 1. The van der Waals surface area contributed by atoms with Crippen molar-refractivity contribution in [3.8, 4) is 5.75 Å². The molecule has 2 rings (SSSR count). The van der Waals surface area contributed by atoms with E-state index < -0.39 is 0 Å². The smallest absolute Gasteiger partial charge is 0.125 e. The zero-order valence-electron chi connectivity index (χ0n) is 11.6. The predicted molar refractivity (Wildman–Crippen MR) is 75.4 cm³/mol. The molecule has 1 heterocycles. The summed E-state index contributed by atoms with van der Waals surface area (Å²) in [5.41, 5.74) is 10.2. The highest BCUT2D eigenvalue weighted by Gasteiger charge is 2.20. The predicted octanol–water partition coefficient (Wildman–Crippen LogP) is 2.19. The number of nitrogens with zero attached hydrogens (tertiary/aromatic N) is 2. The van der Waals surface area contributed by atoms with Crippen molar-refractivity contribution in [2.45, 2.75) is 19.8 Å². The molecule has 1 aromatic heterocycles. The summed E-state index contributed by atoms with van der Waals surface area (Å²) in [5.74, 6) is 0.883. The van der Waals surface area contributed by atoms with Gasteiger partial charge in [0.2, 0.25) is 0 Å². The molecule has 0 saturated carbocycles. The SMILES string of the molecule is COc1c(C)cc(C)cc1C(CN)c1cnccn1. The Hall–Kier alpha value is -1.94. The minimum absolute atomic E-state index is 0.00208. The van der Waals surface area contributed by atoms with Crippen LogP contribution in [0.3, 0.4) is 0 Å². The van der Waals surface area contributed by atoms with Crippen LogP contribution in [0.1, 0.15) is 28.3 Å². The first-order valence-corrected chi connectivity index (χ1v) is 6.28. The maximum atomic E-state index is 5.94. The molecule has 19 heavy (non-hydrogen) atoms. The fourth-order valence-electron chi connectivity index (χ4n) is 2.42. The summed E-state index contributed by atoms with van der Waals surface area (Å²) in [6.45, 7) is 4.58. The Bertz CT molecular complexity index is 555. The summed E-state index contributed by atoms with van der Waals surface area (Å²) < 4.78 is 5.53. The van der Waals surface area contributed by atoms with Gasteiger partial charge in [0.05, 0.1) is 12.8 Å². The third-order valence-corrected chi connectivity index (χ3v) is 3.20. The van der Waals surface area contributed by atoms with E-state index in [1.807, 2.05) is 6.92 Å². The molecular formula is C15H19N3O. The lowest BCUT2D eigenvalue weighted by Crippen LogP contribution is -2.16. The molecule has 100 valence electrons. The molecule has 0 radical (unpaired) electrons. The van der Waals surface area contributed by atoms with Crippen LogP contribution >= 0.6 is 0 Å². The number of nitrogens with two attached hydrogens (primary N) is 1. The molecule has 4 nitrogen and oxygen atoms in total. The van der Waals surface area contributed by atoms with E-state index in [2.05, 4.69) is 29.0 Å². The van der Waals surface area contributed by atoms with Crippen LogP contribution in [0, 0.1) is 13.8 Å². The lowest BCUT2D eigenvalue weighted by atomic mass is 9.92. The second-order valence-corrected chi connectivity index (χ2v) is 4.62.